The molecule has 10 heteroatoms. The summed E-state index contributed by atoms with van der Waals surface area (Å²) in [5.41, 5.74) is 1.39. The quantitative estimate of drug-likeness (QED) is 0.403. The topological polar surface area (TPSA) is 88.0 Å². The van der Waals surface area contributed by atoms with Gasteiger partial charge in [-0.3, -0.25) is 9.59 Å². The van der Waals surface area contributed by atoms with E-state index in [9.17, 15) is 9.59 Å². The SMILES string of the molecule is COc1cc(C(=O)N2CC[NH+](CCC(=O)/C=C/c3ccc4c(c3)OCO4)CC2)cc(OC)c1OC.[Cl-]. The molecule has 194 valence electrons. The second-order valence-corrected chi connectivity index (χ2v) is 8.37. The molecule has 0 radical (unpaired) electrons. The molecule has 0 aromatic heterocycles. The number of hydrogen-bond acceptors (Lipinski definition) is 7. The Labute approximate surface area is 216 Å². The van der Waals surface area contributed by atoms with Crippen molar-refractivity contribution in [3.63, 3.8) is 0 Å². The Morgan fingerprint density at radius 3 is 2.28 bits per heavy atom. The number of ether oxygens (including phenoxy) is 5. The van der Waals surface area contributed by atoms with Gasteiger partial charge >= 0.3 is 0 Å². The van der Waals surface area contributed by atoms with Crippen LogP contribution in [0.15, 0.2) is 36.4 Å². The Hall–Kier alpha value is -3.43. The van der Waals surface area contributed by atoms with Gasteiger partial charge in [-0.25, -0.2) is 0 Å². The highest BCUT2D eigenvalue weighted by Gasteiger charge is 2.26. The van der Waals surface area contributed by atoms with Crippen LogP contribution in [0.4, 0.5) is 0 Å². The van der Waals surface area contributed by atoms with Crippen LogP contribution in [-0.2, 0) is 4.79 Å². The van der Waals surface area contributed by atoms with E-state index in [2.05, 4.69) is 0 Å². The fourth-order valence-electron chi connectivity index (χ4n) is 4.25. The lowest BCUT2D eigenvalue weighted by atomic mass is 10.1. The standard InChI is InChI=1S/C26H30N2O7.ClH/c1-31-23-15-19(16-24(32-2)25(23)33-3)26(30)28-12-10-27(11-13-28)9-8-20(29)6-4-18-5-7-21-22(14-18)35-17-34-21;/h4-7,14-16H,8-13,17H2,1-3H3;1H/b6-4+;. The lowest BCUT2D eigenvalue weighted by molar-refractivity contribution is -0.903. The van der Waals surface area contributed by atoms with Crippen LogP contribution >= 0.6 is 0 Å². The van der Waals surface area contributed by atoms with Crippen LogP contribution in [0.5, 0.6) is 28.7 Å². The Balaban J connectivity index is 0.00000361. The van der Waals surface area contributed by atoms with E-state index in [-0.39, 0.29) is 30.9 Å². The average Bonchev–Trinajstić information content (AvgIpc) is 3.37. The number of fused-ring (bicyclic) bond motifs is 1. The van der Waals surface area contributed by atoms with Crippen molar-refractivity contribution in [3.05, 3.63) is 47.5 Å². The number of halogens is 1. The van der Waals surface area contributed by atoms with Gasteiger partial charge in [-0.15, -0.1) is 0 Å². The van der Waals surface area contributed by atoms with Crippen molar-refractivity contribution in [3.8, 4) is 28.7 Å². The first-order chi connectivity index (χ1) is 17.0. The van der Waals surface area contributed by atoms with Gasteiger partial charge < -0.3 is 45.9 Å². The molecule has 2 heterocycles. The molecule has 0 bridgehead atoms. The van der Waals surface area contributed by atoms with E-state index >= 15 is 0 Å². The summed E-state index contributed by atoms with van der Waals surface area (Å²) >= 11 is 0. The highest BCUT2D eigenvalue weighted by Crippen LogP contribution is 2.38. The minimum Gasteiger partial charge on any atom is -1.00 e. The third-order valence-corrected chi connectivity index (χ3v) is 6.25. The smallest absolute Gasteiger partial charge is 0.254 e. The summed E-state index contributed by atoms with van der Waals surface area (Å²) in [6.45, 7) is 3.77. The first kappa shape index (κ1) is 27.2. The van der Waals surface area contributed by atoms with Gasteiger partial charge in [-0.1, -0.05) is 12.1 Å². The second-order valence-electron chi connectivity index (χ2n) is 8.37. The van der Waals surface area contributed by atoms with Gasteiger partial charge in [0.2, 0.25) is 12.5 Å². The van der Waals surface area contributed by atoms with Crippen molar-refractivity contribution in [2.24, 2.45) is 0 Å². The van der Waals surface area contributed by atoms with Gasteiger partial charge in [0, 0.05) is 5.56 Å². The van der Waals surface area contributed by atoms with Crippen LogP contribution in [0.3, 0.4) is 0 Å². The zero-order chi connectivity index (χ0) is 24.8. The third-order valence-electron chi connectivity index (χ3n) is 6.25. The molecule has 1 saturated heterocycles. The second kappa shape index (κ2) is 12.5. The van der Waals surface area contributed by atoms with Gasteiger partial charge in [0.05, 0.1) is 60.5 Å². The van der Waals surface area contributed by atoms with Crippen LogP contribution in [0.2, 0.25) is 0 Å². The molecule has 2 aliphatic heterocycles. The van der Waals surface area contributed by atoms with Crippen LogP contribution < -0.4 is 41.0 Å². The number of hydrogen-bond donors (Lipinski definition) is 1. The van der Waals surface area contributed by atoms with E-state index in [0.29, 0.717) is 48.1 Å². The summed E-state index contributed by atoms with van der Waals surface area (Å²) in [5, 5.41) is 0. The Bertz CT molecular complexity index is 1090. The summed E-state index contributed by atoms with van der Waals surface area (Å²) < 4.78 is 26.7. The molecule has 1 amide bonds. The first-order valence-corrected chi connectivity index (χ1v) is 11.6. The molecule has 0 saturated carbocycles. The van der Waals surface area contributed by atoms with E-state index < -0.39 is 0 Å². The number of nitrogens with one attached hydrogen (secondary N) is 1. The lowest BCUT2D eigenvalue weighted by Gasteiger charge is -2.32. The molecular formula is C26H31ClN2O7. The summed E-state index contributed by atoms with van der Waals surface area (Å²) in [7, 11) is 4.58. The summed E-state index contributed by atoms with van der Waals surface area (Å²) in [5.74, 6) is 2.77. The largest absolute Gasteiger partial charge is 1.00 e. The van der Waals surface area contributed by atoms with Crippen LogP contribution in [0.25, 0.3) is 6.08 Å². The van der Waals surface area contributed by atoms with Crippen molar-refractivity contribution < 1.29 is 50.6 Å². The molecule has 1 fully saturated rings. The van der Waals surface area contributed by atoms with Gasteiger partial charge in [-0.2, -0.15) is 0 Å². The molecule has 0 aliphatic carbocycles. The van der Waals surface area contributed by atoms with Gasteiger partial charge in [0.25, 0.3) is 5.91 Å². The third kappa shape index (κ3) is 6.22. The van der Waals surface area contributed by atoms with Crippen molar-refractivity contribution in [1.82, 2.24) is 4.90 Å². The maximum absolute atomic E-state index is 13.1. The predicted molar refractivity (Wildman–Crippen MR) is 129 cm³/mol. The van der Waals surface area contributed by atoms with Crippen molar-refractivity contribution in [2.45, 2.75) is 6.42 Å². The fourth-order valence-corrected chi connectivity index (χ4v) is 4.25. The van der Waals surface area contributed by atoms with E-state index in [1.807, 2.05) is 23.1 Å². The molecule has 4 rings (SSSR count). The Kier molecular flexibility index (Phi) is 9.44. The van der Waals surface area contributed by atoms with Crippen LogP contribution in [0, 0.1) is 0 Å². The molecule has 0 atom stereocenters. The number of carbonyl (C=O) groups excluding carboxylic acids is 2. The number of quaternary nitrogens is 1. The molecular weight excluding hydrogens is 488 g/mol. The Morgan fingerprint density at radius 1 is 0.972 bits per heavy atom. The molecule has 0 spiro atoms. The zero-order valence-electron chi connectivity index (χ0n) is 20.7. The number of carbonyl (C=O) groups is 2. The summed E-state index contributed by atoms with van der Waals surface area (Å²) in [4.78, 5) is 28.6. The van der Waals surface area contributed by atoms with Crippen LogP contribution in [-0.4, -0.2) is 77.4 Å². The molecule has 2 aliphatic rings. The predicted octanol–water partition coefficient (Wildman–Crippen LogP) is -1.54. The average molecular weight is 519 g/mol. The zero-order valence-corrected chi connectivity index (χ0v) is 21.4. The maximum Gasteiger partial charge on any atom is 0.254 e. The minimum atomic E-state index is -0.0777. The van der Waals surface area contributed by atoms with Crippen molar-refractivity contribution in [1.29, 1.82) is 0 Å². The van der Waals surface area contributed by atoms with Gasteiger partial charge in [0.15, 0.2) is 28.8 Å². The number of methoxy groups -OCH3 is 3. The van der Waals surface area contributed by atoms with E-state index in [4.69, 9.17) is 23.7 Å². The number of rotatable bonds is 9. The molecule has 0 unspecified atom stereocenters. The lowest BCUT2D eigenvalue weighted by Crippen LogP contribution is -3.14. The normalized spacial score (nSPS) is 14.9. The highest BCUT2D eigenvalue weighted by atomic mass is 35.5. The van der Waals surface area contributed by atoms with Crippen LogP contribution in [0.1, 0.15) is 22.3 Å². The highest BCUT2D eigenvalue weighted by molar-refractivity contribution is 5.96. The summed E-state index contributed by atoms with van der Waals surface area (Å²) in [6, 6.07) is 8.95. The number of benzene rings is 2. The molecule has 1 N–H and O–H groups in total. The number of nitrogens with zero attached hydrogens (tertiary/aromatic N) is 1. The molecule has 2 aromatic carbocycles. The van der Waals surface area contributed by atoms with Crippen molar-refractivity contribution >= 4 is 17.8 Å². The molecule has 9 nitrogen and oxygen atoms in total. The van der Waals surface area contributed by atoms with Gasteiger partial charge in [-0.05, 0) is 35.9 Å². The Morgan fingerprint density at radius 2 is 1.64 bits per heavy atom. The molecule has 36 heavy (non-hydrogen) atoms. The number of amides is 1. The van der Waals surface area contributed by atoms with Crippen molar-refractivity contribution in [2.75, 3.05) is 60.8 Å². The fraction of sp³-hybridized carbons (Fsp3) is 0.385. The summed E-state index contributed by atoms with van der Waals surface area (Å²) in [6.07, 6.45) is 3.87. The van der Waals surface area contributed by atoms with E-state index in [1.54, 1.807) is 24.3 Å². The minimum absolute atomic E-state index is 0. The van der Waals surface area contributed by atoms with E-state index in [1.165, 1.54) is 26.2 Å². The van der Waals surface area contributed by atoms with Gasteiger partial charge in [0.1, 0.15) is 0 Å². The monoisotopic (exact) mass is 518 g/mol. The van der Waals surface area contributed by atoms with E-state index in [0.717, 1.165) is 30.9 Å². The first-order valence-electron chi connectivity index (χ1n) is 11.6. The number of piperazine rings is 1. The number of allylic oxidation sites excluding steroid dienone is 1. The molecule has 2 aromatic rings. The maximum atomic E-state index is 13.1. The number of ketones is 1.